The molecule has 32 heavy (non-hydrogen) atoms. The van der Waals surface area contributed by atoms with Gasteiger partial charge in [0.1, 0.15) is 23.9 Å². The van der Waals surface area contributed by atoms with Gasteiger partial charge in [0.05, 0.1) is 14.2 Å². The number of carbonyl (C=O) groups excluding carboxylic acids is 2. The zero-order valence-electron chi connectivity index (χ0n) is 18.8. The first kappa shape index (κ1) is 23.1. The van der Waals surface area contributed by atoms with Gasteiger partial charge < -0.3 is 14.2 Å². The number of Topliss-reactive ketones (excluding diaryl/α,β-unsaturated/α-hetero) is 2. The Morgan fingerprint density at radius 1 is 0.750 bits per heavy atom. The molecule has 2 unspecified atom stereocenters. The molecular formula is C27H28O5. The SMILES string of the molecule is COc1ccc(C(=O)C(C)C(C)C(=O)c2ccc(OC)cc2)cc1.c1cc2cc(c1)OC2. The maximum Gasteiger partial charge on any atom is 0.166 e. The lowest BCUT2D eigenvalue weighted by molar-refractivity contribution is 0.0794. The molecule has 1 heterocycles. The van der Waals surface area contributed by atoms with E-state index in [1.165, 1.54) is 5.56 Å². The third-order valence-corrected chi connectivity index (χ3v) is 5.63. The molecule has 3 aromatic rings. The highest BCUT2D eigenvalue weighted by Crippen LogP contribution is 2.24. The lowest BCUT2D eigenvalue weighted by atomic mass is 9.83. The summed E-state index contributed by atoms with van der Waals surface area (Å²) in [5.74, 6) is 1.48. The summed E-state index contributed by atoms with van der Waals surface area (Å²) in [6.45, 7) is 4.35. The van der Waals surface area contributed by atoms with Gasteiger partial charge >= 0.3 is 0 Å². The molecule has 1 aliphatic rings. The highest BCUT2D eigenvalue weighted by Gasteiger charge is 2.27. The van der Waals surface area contributed by atoms with Crippen molar-refractivity contribution in [2.75, 3.05) is 14.2 Å². The van der Waals surface area contributed by atoms with Crippen molar-refractivity contribution in [3.63, 3.8) is 0 Å². The Morgan fingerprint density at radius 3 is 1.59 bits per heavy atom. The van der Waals surface area contributed by atoms with Crippen molar-refractivity contribution < 1.29 is 23.8 Å². The van der Waals surface area contributed by atoms with Crippen LogP contribution < -0.4 is 14.2 Å². The largest absolute Gasteiger partial charge is 0.497 e. The number of ketones is 2. The predicted molar refractivity (Wildman–Crippen MR) is 124 cm³/mol. The summed E-state index contributed by atoms with van der Waals surface area (Å²) in [6, 6.07) is 22.0. The minimum atomic E-state index is -0.409. The topological polar surface area (TPSA) is 61.8 Å². The van der Waals surface area contributed by atoms with Gasteiger partial charge in [-0.25, -0.2) is 0 Å². The maximum absolute atomic E-state index is 12.6. The van der Waals surface area contributed by atoms with E-state index >= 15 is 0 Å². The number of carbonyl (C=O) groups is 2. The van der Waals surface area contributed by atoms with Crippen LogP contribution in [0.2, 0.25) is 0 Å². The quantitative estimate of drug-likeness (QED) is 0.454. The van der Waals surface area contributed by atoms with Crippen LogP contribution in [0.4, 0.5) is 0 Å². The van der Waals surface area contributed by atoms with Crippen LogP contribution in [-0.4, -0.2) is 25.8 Å². The second kappa shape index (κ2) is 10.6. The van der Waals surface area contributed by atoms with Crippen molar-refractivity contribution >= 4 is 11.6 Å². The fourth-order valence-corrected chi connectivity index (χ4v) is 3.38. The standard InChI is InChI=1S/C20H22O4.C7H6O/c1-13(19(21)15-5-9-17(23-3)10-6-15)14(2)20(22)16-7-11-18(24-4)12-8-16;1-2-6-4-7(3-1)8-5-6/h5-14H,1-4H3;1-4H,5H2. The van der Waals surface area contributed by atoms with Crippen LogP contribution >= 0.6 is 0 Å². The molecule has 166 valence electrons. The van der Waals surface area contributed by atoms with E-state index in [2.05, 4.69) is 12.1 Å². The molecule has 3 aromatic carbocycles. The highest BCUT2D eigenvalue weighted by atomic mass is 16.5. The van der Waals surface area contributed by atoms with Crippen molar-refractivity contribution in [1.82, 2.24) is 0 Å². The van der Waals surface area contributed by atoms with Crippen LogP contribution in [0.1, 0.15) is 40.1 Å². The second-order valence-corrected chi connectivity index (χ2v) is 7.70. The van der Waals surface area contributed by atoms with Gasteiger partial charge in [-0.05, 0) is 66.2 Å². The fourth-order valence-electron chi connectivity index (χ4n) is 3.38. The molecule has 0 saturated carbocycles. The molecular weight excluding hydrogens is 404 g/mol. The molecule has 0 aliphatic carbocycles. The van der Waals surface area contributed by atoms with Crippen molar-refractivity contribution in [1.29, 1.82) is 0 Å². The Labute approximate surface area is 188 Å². The number of hydrogen-bond acceptors (Lipinski definition) is 5. The molecule has 0 amide bonds. The maximum atomic E-state index is 12.6. The van der Waals surface area contributed by atoms with Crippen molar-refractivity contribution in [3.8, 4) is 17.2 Å². The molecule has 5 heteroatoms. The molecule has 2 bridgehead atoms. The molecule has 0 aromatic heterocycles. The van der Waals surface area contributed by atoms with E-state index < -0.39 is 11.8 Å². The summed E-state index contributed by atoms with van der Waals surface area (Å²) < 4.78 is 15.4. The average molecular weight is 433 g/mol. The molecule has 0 saturated heterocycles. The van der Waals surface area contributed by atoms with Crippen LogP contribution in [0, 0.1) is 11.8 Å². The van der Waals surface area contributed by atoms with Gasteiger partial charge in [-0.3, -0.25) is 9.59 Å². The smallest absolute Gasteiger partial charge is 0.166 e. The van der Waals surface area contributed by atoms with Gasteiger partial charge in [0.15, 0.2) is 11.6 Å². The van der Waals surface area contributed by atoms with Gasteiger partial charge in [0.2, 0.25) is 0 Å². The van der Waals surface area contributed by atoms with Crippen molar-refractivity contribution in [2.45, 2.75) is 20.5 Å². The molecule has 4 rings (SSSR count). The third-order valence-electron chi connectivity index (χ3n) is 5.63. The molecule has 0 fully saturated rings. The second-order valence-electron chi connectivity index (χ2n) is 7.70. The van der Waals surface area contributed by atoms with E-state index in [-0.39, 0.29) is 11.6 Å². The van der Waals surface area contributed by atoms with Crippen LogP contribution in [0.5, 0.6) is 17.2 Å². The Bertz CT molecular complexity index is 971. The van der Waals surface area contributed by atoms with E-state index in [1.54, 1.807) is 76.6 Å². The summed E-state index contributed by atoms with van der Waals surface area (Å²) >= 11 is 0. The minimum Gasteiger partial charge on any atom is -0.497 e. The van der Waals surface area contributed by atoms with E-state index in [0.717, 1.165) is 12.4 Å². The number of hydrogen-bond donors (Lipinski definition) is 0. The monoisotopic (exact) mass is 432 g/mol. The lowest BCUT2D eigenvalue weighted by Gasteiger charge is -2.18. The van der Waals surface area contributed by atoms with Crippen molar-refractivity contribution in [3.05, 3.63) is 89.5 Å². The Hall–Kier alpha value is -3.60. The minimum absolute atomic E-state index is 0.0491. The number of ether oxygens (including phenoxy) is 3. The van der Waals surface area contributed by atoms with Gasteiger partial charge in [-0.2, -0.15) is 0 Å². The first-order chi connectivity index (χ1) is 15.4. The Morgan fingerprint density at radius 2 is 1.22 bits per heavy atom. The number of methoxy groups -OCH3 is 2. The number of rotatable bonds is 7. The first-order valence-electron chi connectivity index (χ1n) is 10.5. The molecule has 0 radical (unpaired) electrons. The van der Waals surface area contributed by atoms with Crippen LogP contribution in [0.15, 0.2) is 72.8 Å². The van der Waals surface area contributed by atoms with Crippen LogP contribution in [-0.2, 0) is 6.61 Å². The average Bonchev–Trinajstić information content (AvgIpc) is 3.19. The van der Waals surface area contributed by atoms with E-state index in [0.29, 0.717) is 22.6 Å². The number of benzene rings is 3. The molecule has 0 spiro atoms. The zero-order chi connectivity index (χ0) is 23.1. The number of fused-ring (bicyclic) bond motifs is 2. The lowest BCUT2D eigenvalue weighted by Crippen LogP contribution is -2.25. The van der Waals surface area contributed by atoms with E-state index in [1.807, 2.05) is 12.1 Å². The van der Waals surface area contributed by atoms with Gasteiger partial charge in [0, 0.05) is 23.0 Å². The van der Waals surface area contributed by atoms with Gasteiger partial charge in [-0.15, -0.1) is 0 Å². The predicted octanol–water partition coefficient (Wildman–Crippen LogP) is 5.62. The third kappa shape index (κ3) is 5.55. The normalized spacial score (nSPS) is 13.1. The molecule has 1 aliphatic heterocycles. The highest BCUT2D eigenvalue weighted by molar-refractivity contribution is 6.04. The summed E-state index contributed by atoms with van der Waals surface area (Å²) in [5.41, 5.74) is 2.44. The van der Waals surface area contributed by atoms with Gasteiger partial charge in [0.25, 0.3) is 0 Å². The summed E-state index contributed by atoms with van der Waals surface area (Å²) in [4.78, 5) is 25.2. The summed E-state index contributed by atoms with van der Waals surface area (Å²) in [7, 11) is 3.16. The van der Waals surface area contributed by atoms with Crippen LogP contribution in [0.25, 0.3) is 0 Å². The van der Waals surface area contributed by atoms with E-state index in [4.69, 9.17) is 14.2 Å². The van der Waals surface area contributed by atoms with Gasteiger partial charge in [-0.1, -0.05) is 26.0 Å². The molecule has 0 N–H and O–H groups in total. The van der Waals surface area contributed by atoms with E-state index in [9.17, 15) is 9.59 Å². The first-order valence-corrected chi connectivity index (χ1v) is 10.5. The van der Waals surface area contributed by atoms with Crippen molar-refractivity contribution in [2.24, 2.45) is 11.8 Å². The Kier molecular flexibility index (Phi) is 7.66. The Balaban J connectivity index is 0.000000297. The molecule has 5 nitrogen and oxygen atoms in total. The zero-order valence-corrected chi connectivity index (χ0v) is 18.8. The summed E-state index contributed by atoms with van der Waals surface area (Å²) in [5, 5.41) is 0. The fraction of sp³-hybridized carbons (Fsp3) is 0.259. The molecule has 2 atom stereocenters. The van der Waals surface area contributed by atoms with Crippen LogP contribution in [0.3, 0.4) is 0 Å². The summed E-state index contributed by atoms with van der Waals surface area (Å²) in [6.07, 6.45) is 0.